The average Bonchev–Trinajstić information content (AvgIpc) is 3.69. The summed E-state index contributed by atoms with van der Waals surface area (Å²) < 4.78 is 2.41. The van der Waals surface area contributed by atoms with Crippen molar-refractivity contribution in [2.24, 2.45) is 17.3 Å². The van der Waals surface area contributed by atoms with E-state index in [4.69, 9.17) is 0 Å². The van der Waals surface area contributed by atoms with Crippen molar-refractivity contribution in [2.45, 2.75) is 52.9 Å². The minimum atomic E-state index is -0.0821. The summed E-state index contributed by atoms with van der Waals surface area (Å²) in [6.45, 7) is 12.1. The van der Waals surface area contributed by atoms with Gasteiger partial charge in [0.1, 0.15) is 0 Å². The second kappa shape index (κ2) is 10.8. The molecule has 0 spiro atoms. The molecule has 10 rings (SSSR count). The first-order chi connectivity index (χ1) is 24.7. The fraction of sp³-hybridized carbons (Fsp3) is 0.224. The van der Waals surface area contributed by atoms with Gasteiger partial charge in [0, 0.05) is 50.3 Å². The Bertz CT molecular complexity index is 2550. The topological polar surface area (TPSA) is 8.17 Å². The Labute approximate surface area is 301 Å². The van der Waals surface area contributed by atoms with Crippen LogP contribution in [0.2, 0.25) is 0 Å². The van der Waals surface area contributed by atoms with E-state index >= 15 is 0 Å². The number of allylic oxidation sites excluding steroid dienone is 7. The molecule has 2 heteroatoms. The molecule has 0 bridgehead atoms. The van der Waals surface area contributed by atoms with Gasteiger partial charge in [-0.1, -0.05) is 131 Å². The summed E-state index contributed by atoms with van der Waals surface area (Å²) in [6, 6.07) is 42.9. The third-order valence-corrected chi connectivity index (χ3v) is 12.6. The van der Waals surface area contributed by atoms with Gasteiger partial charge >= 0.3 is 0 Å². The van der Waals surface area contributed by atoms with Crippen LogP contribution in [0.5, 0.6) is 0 Å². The molecule has 2 unspecified atom stereocenters. The lowest BCUT2D eigenvalue weighted by molar-refractivity contribution is 0.469. The molecule has 4 aliphatic carbocycles. The van der Waals surface area contributed by atoms with E-state index in [1.165, 1.54) is 73.2 Å². The molecule has 51 heavy (non-hydrogen) atoms. The van der Waals surface area contributed by atoms with Gasteiger partial charge < -0.3 is 9.47 Å². The van der Waals surface area contributed by atoms with Gasteiger partial charge in [0.05, 0.1) is 11.0 Å². The molecule has 0 amide bonds. The fourth-order valence-electron chi connectivity index (χ4n) is 10.2. The lowest BCUT2D eigenvalue weighted by Crippen LogP contribution is -2.26. The molecule has 2 atom stereocenters. The largest absolute Gasteiger partial charge is 0.311 e. The van der Waals surface area contributed by atoms with Crippen molar-refractivity contribution >= 4 is 33.2 Å². The Balaban J connectivity index is 1.19. The van der Waals surface area contributed by atoms with Crippen LogP contribution in [0.25, 0.3) is 38.6 Å². The number of para-hydroxylation sites is 2. The van der Waals surface area contributed by atoms with Gasteiger partial charge in [-0.05, 0) is 101 Å². The number of aromatic nitrogens is 1. The van der Waals surface area contributed by atoms with Gasteiger partial charge in [-0.25, -0.2) is 0 Å². The zero-order chi connectivity index (χ0) is 34.6. The van der Waals surface area contributed by atoms with Crippen molar-refractivity contribution in [3.63, 3.8) is 0 Å². The molecule has 4 aliphatic rings. The maximum atomic E-state index is 2.56. The SMILES string of the molecule is CC1C=C(N(c2ccc3c(c2)C(C)(C)c2ccccc2-3)c2ccc3c(c2)c2ccccc2n3-c2ccccc2)C=C2C1C1=C(C=CCC1)C2(C)C. The van der Waals surface area contributed by atoms with Gasteiger partial charge in [-0.15, -0.1) is 0 Å². The van der Waals surface area contributed by atoms with Crippen LogP contribution < -0.4 is 4.90 Å². The summed E-state index contributed by atoms with van der Waals surface area (Å²) >= 11 is 0. The predicted molar refractivity (Wildman–Crippen MR) is 215 cm³/mol. The van der Waals surface area contributed by atoms with Gasteiger partial charge in [0.2, 0.25) is 0 Å². The van der Waals surface area contributed by atoms with Crippen LogP contribution in [0.3, 0.4) is 0 Å². The van der Waals surface area contributed by atoms with Crippen molar-refractivity contribution in [1.29, 1.82) is 0 Å². The third kappa shape index (κ3) is 4.29. The monoisotopic (exact) mass is 660 g/mol. The van der Waals surface area contributed by atoms with Crippen molar-refractivity contribution in [1.82, 2.24) is 4.57 Å². The number of hydrogen-bond donors (Lipinski definition) is 0. The standard InChI is InChI=1S/C49H44N2/c1-31-27-35(30-44-47(31)39-19-10-13-21-42(39)49(44,4)5)50(34-23-25-37-36-17-9-12-20-41(36)48(2,3)43(37)29-34)33-24-26-46-40(28-33)38-18-11-14-22-45(38)51(46)32-15-7-6-8-16-32/h6-9,11-18,20-31,47H,10,19H2,1-5H3. The first-order valence-electron chi connectivity index (χ1n) is 18.7. The maximum absolute atomic E-state index is 2.56. The van der Waals surface area contributed by atoms with Crippen LogP contribution in [-0.4, -0.2) is 4.57 Å². The highest BCUT2D eigenvalue weighted by Crippen LogP contribution is 2.58. The van der Waals surface area contributed by atoms with E-state index in [9.17, 15) is 0 Å². The van der Waals surface area contributed by atoms with Crippen LogP contribution in [0.15, 0.2) is 162 Å². The lowest BCUT2D eigenvalue weighted by Gasteiger charge is -2.36. The van der Waals surface area contributed by atoms with Crippen LogP contribution in [0.4, 0.5) is 11.4 Å². The maximum Gasteiger partial charge on any atom is 0.0542 e. The average molecular weight is 661 g/mol. The number of rotatable bonds is 4. The summed E-state index contributed by atoms with van der Waals surface area (Å²) in [4.78, 5) is 2.55. The zero-order valence-corrected chi connectivity index (χ0v) is 30.2. The second-order valence-electron chi connectivity index (χ2n) is 16.2. The van der Waals surface area contributed by atoms with E-state index in [1.54, 1.807) is 16.7 Å². The highest BCUT2D eigenvalue weighted by Gasteiger charge is 2.46. The highest BCUT2D eigenvalue weighted by atomic mass is 15.1. The fourth-order valence-corrected chi connectivity index (χ4v) is 10.2. The Kier molecular flexibility index (Phi) is 6.47. The number of anilines is 2. The van der Waals surface area contributed by atoms with Gasteiger partial charge in [-0.2, -0.15) is 0 Å². The molecule has 0 aliphatic heterocycles. The first-order valence-corrected chi connectivity index (χ1v) is 18.7. The molecule has 1 aromatic heterocycles. The Morgan fingerprint density at radius 3 is 2.24 bits per heavy atom. The molecule has 0 N–H and O–H groups in total. The number of fused-ring (bicyclic) bond motifs is 8. The van der Waals surface area contributed by atoms with E-state index in [0.717, 1.165) is 6.42 Å². The molecular weight excluding hydrogens is 617 g/mol. The molecular formula is C49H44N2. The highest BCUT2D eigenvalue weighted by molar-refractivity contribution is 6.10. The van der Waals surface area contributed by atoms with Crippen molar-refractivity contribution in [2.75, 3.05) is 4.90 Å². The van der Waals surface area contributed by atoms with Crippen LogP contribution in [-0.2, 0) is 5.41 Å². The Morgan fingerprint density at radius 1 is 0.667 bits per heavy atom. The normalized spacial score (nSPS) is 20.9. The van der Waals surface area contributed by atoms with Gasteiger partial charge in [-0.3, -0.25) is 0 Å². The van der Waals surface area contributed by atoms with Crippen molar-refractivity contribution < 1.29 is 0 Å². The van der Waals surface area contributed by atoms with Crippen LogP contribution in [0.1, 0.15) is 58.6 Å². The van der Waals surface area contributed by atoms with E-state index in [0.29, 0.717) is 11.8 Å². The molecule has 1 heterocycles. The second-order valence-corrected chi connectivity index (χ2v) is 16.2. The number of nitrogens with zero attached hydrogens (tertiary/aromatic N) is 2. The van der Waals surface area contributed by atoms with Crippen LogP contribution in [0, 0.1) is 17.3 Å². The molecule has 0 saturated carbocycles. The lowest BCUT2D eigenvalue weighted by atomic mass is 9.73. The van der Waals surface area contributed by atoms with E-state index in [1.807, 2.05) is 0 Å². The zero-order valence-electron chi connectivity index (χ0n) is 30.2. The predicted octanol–water partition coefficient (Wildman–Crippen LogP) is 13.0. The van der Waals surface area contributed by atoms with Crippen molar-refractivity contribution in [3.8, 4) is 16.8 Å². The first kappa shape index (κ1) is 30.5. The van der Waals surface area contributed by atoms with Gasteiger partial charge in [0.15, 0.2) is 0 Å². The minimum absolute atomic E-state index is 0.00495. The summed E-state index contributed by atoms with van der Waals surface area (Å²) in [5.41, 5.74) is 17.5. The summed E-state index contributed by atoms with van der Waals surface area (Å²) in [7, 11) is 0. The van der Waals surface area contributed by atoms with Crippen molar-refractivity contribution in [3.05, 3.63) is 173 Å². The molecule has 0 fully saturated rings. The smallest absolute Gasteiger partial charge is 0.0542 e. The molecule has 6 aromatic rings. The quantitative estimate of drug-likeness (QED) is 0.183. The van der Waals surface area contributed by atoms with Crippen LogP contribution >= 0.6 is 0 Å². The number of benzene rings is 5. The summed E-state index contributed by atoms with van der Waals surface area (Å²) in [5, 5.41) is 2.54. The summed E-state index contributed by atoms with van der Waals surface area (Å²) in [5.74, 6) is 0.880. The van der Waals surface area contributed by atoms with Gasteiger partial charge in [0.25, 0.3) is 0 Å². The van der Waals surface area contributed by atoms with E-state index in [2.05, 4.69) is 184 Å². The molecule has 0 radical (unpaired) electrons. The summed E-state index contributed by atoms with van der Waals surface area (Å²) in [6.07, 6.45) is 12.3. The molecule has 5 aromatic carbocycles. The number of hydrogen-bond acceptors (Lipinski definition) is 1. The Hall–Kier alpha value is -5.34. The minimum Gasteiger partial charge on any atom is -0.311 e. The molecule has 250 valence electrons. The van der Waals surface area contributed by atoms with E-state index in [-0.39, 0.29) is 10.8 Å². The van der Waals surface area contributed by atoms with E-state index < -0.39 is 0 Å². The Morgan fingerprint density at radius 2 is 1.37 bits per heavy atom. The molecule has 2 nitrogen and oxygen atoms in total. The third-order valence-electron chi connectivity index (χ3n) is 12.6. The molecule has 0 saturated heterocycles.